The summed E-state index contributed by atoms with van der Waals surface area (Å²) in [5.41, 5.74) is -0.491. The summed E-state index contributed by atoms with van der Waals surface area (Å²) in [4.78, 5) is 24.9. The Kier molecular flexibility index (Phi) is 4.91. The second-order valence-corrected chi connectivity index (χ2v) is 3.61. The first-order chi connectivity index (χ1) is 7.61. The SMILES string of the molecule is Cc1cn([C@H]2C=C[C@@H](CO)O2)c(=O)[nH]c1=O.[NaH]. The number of aryl methyl sites for hydroxylation is 1. The van der Waals surface area contributed by atoms with Crippen LogP contribution in [0.1, 0.15) is 11.8 Å². The van der Waals surface area contributed by atoms with Crippen LogP contribution in [0.5, 0.6) is 0 Å². The van der Waals surface area contributed by atoms with Crippen LogP contribution in [0, 0.1) is 6.92 Å². The van der Waals surface area contributed by atoms with Crippen LogP contribution < -0.4 is 11.2 Å². The molecule has 0 bridgehead atoms. The Hall–Kier alpha value is -0.660. The monoisotopic (exact) mass is 248 g/mol. The fraction of sp³-hybridized carbons (Fsp3) is 0.400. The van der Waals surface area contributed by atoms with Crippen molar-refractivity contribution in [1.29, 1.82) is 0 Å². The fourth-order valence-electron chi connectivity index (χ4n) is 1.53. The van der Waals surface area contributed by atoms with Crippen LogP contribution in [0.25, 0.3) is 0 Å². The van der Waals surface area contributed by atoms with Crippen LogP contribution in [-0.2, 0) is 4.74 Å². The van der Waals surface area contributed by atoms with Crippen molar-refractivity contribution in [3.63, 3.8) is 0 Å². The second-order valence-electron chi connectivity index (χ2n) is 3.61. The number of nitrogens with zero attached hydrogens (tertiary/aromatic N) is 1. The molecule has 6 nitrogen and oxygen atoms in total. The maximum absolute atomic E-state index is 11.5. The van der Waals surface area contributed by atoms with Gasteiger partial charge in [-0.05, 0) is 13.0 Å². The molecule has 2 rings (SSSR count). The molecule has 1 aliphatic heterocycles. The molecule has 0 radical (unpaired) electrons. The third-order valence-corrected chi connectivity index (χ3v) is 2.40. The molecule has 0 unspecified atom stereocenters. The van der Waals surface area contributed by atoms with E-state index in [2.05, 4.69) is 4.98 Å². The number of aliphatic hydroxyl groups is 1. The first kappa shape index (κ1) is 14.4. The zero-order chi connectivity index (χ0) is 11.7. The van der Waals surface area contributed by atoms with Crippen molar-refractivity contribution in [2.45, 2.75) is 19.3 Å². The second kappa shape index (κ2) is 5.79. The van der Waals surface area contributed by atoms with E-state index in [1.807, 2.05) is 0 Å². The molecule has 1 aliphatic rings. The van der Waals surface area contributed by atoms with Crippen molar-refractivity contribution in [2.75, 3.05) is 6.61 Å². The van der Waals surface area contributed by atoms with Gasteiger partial charge in [0.05, 0.1) is 6.61 Å². The zero-order valence-corrected chi connectivity index (χ0v) is 8.71. The third kappa shape index (κ3) is 2.97. The van der Waals surface area contributed by atoms with Gasteiger partial charge in [0.2, 0.25) is 0 Å². The van der Waals surface area contributed by atoms with Gasteiger partial charge in [0.15, 0.2) is 6.23 Å². The molecule has 0 aliphatic carbocycles. The first-order valence-electron chi connectivity index (χ1n) is 4.88. The van der Waals surface area contributed by atoms with Gasteiger partial charge >= 0.3 is 35.2 Å². The Bertz CT molecular complexity index is 534. The average Bonchev–Trinajstić information content (AvgIpc) is 2.71. The predicted octanol–water partition coefficient (Wildman–Crippen LogP) is -1.36. The van der Waals surface area contributed by atoms with Gasteiger partial charge in [0.1, 0.15) is 6.10 Å². The van der Waals surface area contributed by atoms with Crippen LogP contribution in [-0.4, -0.2) is 56.9 Å². The van der Waals surface area contributed by atoms with Crippen molar-refractivity contribution in [3.8, 4) is 0 Å². The Balaban J connectivity index is 0.00000144. The van der Waals surface area contributed by atoms with Gasteiger partial charge in [0, 0.05) is 11.8 Å². The minimum absolute atomic E-state index is 0. The third-order valence-electron chi connectivity index (χ3n) is 2.40. The van der Waals surface area contributed by atoms with E-state index in [1.165, 1.54) is 10.8 Å². The zero-order valence-electron chi connectivity index (χ0n) is 8.71. The number of nitrogens with one attached hydrogen (secondary N) is 1. The van der Waals surface area contributed by atoms with E-state index in [-0.39, 0.29) is 36.2 Å². The Labute approximate surface area is 119 Å². The number of hydrogen-bond donors (Lipinski definition) is 2. The molecule has 1 aromatic rings. The van der Waals surface area contributed by atoms with E-state index in [0.29, 0.717) is 5.56 Å². The van der Waals surface area contributed by atoms with Crippen LogP contribution in [0.15, 0.2) is 27.9 Å². The quantitative estimate of drug-likeness (QED) is 0.500. The minimum atomic E-state index is -0.569. The molecule has 0 aromatic carbocycles. The van der Waals surface area contributed by atoms with Crippen LogP contribution in [0.2, 0.25) is 0 Å². The van der Waals surface area contributed by atoms with Crippen molar-refractivity contribution in [2.24, 2.45) is 0 Å². The molecule has 0 spiro atoms. The number of ether oxygens (including phenoxy) is 1. The Morgan fingerprint density at radius 2 is 2.18 bits per heavy atom. The van der Waals surface area contributed by atoms with Gasteiger partial charge in [-0.3, -0.25) is 14.3 Å². The molecule has 0 fully saturated rings. The molecule has 2 N–H and O–H groups in total. The van der Waals surface area contributed by atoms with E-state index in [9.17, 15) is 9.59 Å². The van der Waals surface area contributed by atoms with Gasteiger partial charge in [-0.25, -0.2) is 4.79 Å². The molecule has 17 heavy (non-hydrogen) atoms. The van der Waals surface area contributed by atoms with E-state index in [1.54, 1.807) is 19.1 Å². The molecule has 7 heteroatoms. The number of rotatable bonds is 2. The maximum atomic E-state index is 11.5. The molecule has 0 saturated heterocycles. The number of aromatic nitrogens is 2. The Morgan fingerprint density at radius 1 is 1.47 bits per heavy atom. The normalized spacial score (nSPS) is 22.5. The molecular weight excluding hydrogens is 235 g/mol. The summed E-state index contributed by atoms with van der Waals surface area (Å²) in [5.74, 6) is 0. The van der Waals surface area contributed by atoms with Gasteiger partial charge in [-0.15, -0.1) is 0 Å². The standard InChI is InChI=1S/C10H12N2O4.Na.H/c1-6-4-12(10(15)11-9(6)14)8-3-2-7(5-13)16-8;;/h2-4,7-8,13H,5H2,1H3,(H,11,14,15);;/t7-,8+;;/m0../s1. The predicted molar refractivity (Wildman–Crippen MR) is 63.3 cm³/mol. The molecular formula is C10H13N2NaO4. The van der Waals surface area contributed by atoms with Crippen molar-refractivity contribution >= 4 is 29.6 Å². The number of aromatic amines is 1. The summed E-state index contributed by atoms with van der Waals surface area (Å²) in [6.07, 6.45) is 3.82. The van der Waals surface area contributed by atoms with E-state index >= 15 is 0 Å². The van der Waals surface area contributed by atoms with Crippen LogP contribution in [0.3, 0.4) is 0 Å². The summed E-state index contributed by atoms with van der Waals surface area (Å²) in [7, 11) is 0. The van der Waals surface area contributed by atoms with Gasteiger partial charge < -0.3 is 9.84 Å². The summed E-state index contributed by atoms with van der Waals surface area (Å²) in [6, 6.07) is 0. The van der Waals surface area contributed by atoms with Crippen molar-refractivity contribution < 1.29 is 9.84 Å². The van der Waals surface area contributed by atoms with Crippen LogP contribution in [0.4, 0.5) is 0 Å². The summed E-state index contributed by atoms with van der Waals surface area (Å²) in [6.45, 7) is 1.47. The summed E-state index contributed by atoms with van der Waals surface area (Å²) < 4.78 is 6.63. The molecule has 0 saturated carbocycles. The number of H-pyrrole nitrogens is 1. The van der Waals surface area contributed by atoms with Crippen molar-refractivity contribution in [3.05, 3.63) is 44.8 Å². The Morgan fingerprint density at radius 3 is 2.76 bits per heavy atom. The van der Waals surface area contributed by atoms with Gasteiger partial charge in [-0.2, -0.15) is 0 Å². The fourth-order valence-corrected chi connectivity index (χ4v) is 1.53. The summed E-state index contributed by atoms with van der Waals surface area (Å²) >= 11 is 0. The van der Waals surface area contributed by atoms with E-state index in [0.717, 1.165) is 0 Å². The molecule has 0 amide bonds. The molecule has 2 heterocycles. The van der Waals surface area contributed by atoms with Gasteiger partial charge in [0.25, 0.3) is 5.56 Å². The number of aliphatic hydroxyl groups excluding tert-OH is 1. The first-order valence-corrected chi connectivity index (χ1v) is 4.88. The molecule has 1 aromatic heterocycles. The van der Waals surface area contributed by atoms with Crippen molar-refractivity contribution in [1.82, 2.24) is 9.55 Å². The van der Waals surface area contributed by atoms with Gasteiger partial charge in [-0.1, -0.05) is 6.08 Å². The average molecular weight is 248 g/mol. The summed E-state index contributed by atoms with van der Waals surface area (Å²) in [5, 5.41) is 8.88. The van der Waals surface area contributed by atoms with E-state index < -0.39 is 23.6 Å². The van der Waals surface area contributed by atoms with Crippen LogP contribution >= 0.6 is 0 Å². The topological polar surface area (TPSA) is 84.3 Å². The molecule has 88 valence electrons. The van der Waals surface area contributed by atoms with E-state index in [4.69, 9.17) is 9.84 Å². The number of hydrogen-bond acceptors (Lipinski definition) is 4. The molecule has 2 atom stereocenters.